The van der Waals surface area contributed by atoms with Crippen LogP contribution in [0.2, 0.25) is 0 Å². The predicted molar refractivity (Wildman–Crippen MR) is 238 cm³/mol. The average Bonchev–Trinajstić information content (AvgIpc) is 3.96. The normalized spacial score (nSPS) is 14.5. The fraction of sp³-hybridized carbons (Fsp3) is 0.0357. The van der Waals surface area contributed by atoms with E-state index in [1.54, 1.807) is 0 Å². The molecule has 4 aliphatic rings. The van der Waals surface area contributed by atoms with Crippen LogP contribution in [0.15, 0.2) is 206 Å². The number of hydrogen-bond acceptors (Lipinski definition) is 2. The molecule has 2 spiro atoms. The van der Waals surface area contributed by atoms with E-state index in [2.05, 4.69) is 217 Å². The summed E-state index contributed by atoms with van der Waals surface area (Å²) in [6.07, 6.45) is 0. The maximum atomic E-state index is 3.77. The fourth-order valence-electron chi connectivity index (χ4n) is 11.3. The van der Waals surface area contributed by atoms with Gasteiger partial charge in [-0.25, -0.2) is 0 Å². The van der Waals surface area contributed by atoms with E-state index in [1.165, 1.54) is 89.0 Å². The quantitative estimate of drug-likeness (QED) is 0.188. The van der Waals surface area contributed by atoms with Crippen molar-refractivity contribution in [3.05, 3.63) is 251 Å². The molecule has 0 unspecified atom stereocenters. The zero-order chi connectivity index (χ0) is 38.0. The van der Waals surface area contributed by atoms with Crippen molar-refractivity contribution in [2.75, 3.05) is 10.6 Å². The third-order valence-electron chi connectivity index (χ3n) is 13.5. The van der Waals surface area contributed by atoms with E-state index >= 15 is 0 Å². The summed E-state index contributed by atoms with van der Waals surface area (Å²) in [4.78, 5) is 0. The van der Waals surface area contributed by atoms with Crippen molar-refractivity contribution in [3.8, 4) is 44.5 Å². The molecule has 0 aromatic heterocycles. The lowest BCUT2D eigenvalue weighted by Crippen LogP contribution is -2.25. The number of hydrogen-bond donors (Lipinski definition) is 2. The Hall–Kier alpha value is -7.42. The van der Waals surface area contributed by atoms with Gasteiger partial charge < -0.3 is 10.6 Å². The van der Waals surface area contributed by atoms with Crippen molar-refractivity contribution >= 4 is 22.7 Å². The van der Waals surface area contributed by atoms with E-state index in [0.29, 0.717) is 0 Å². The first kappa shape index (κ1) is 31.7. The molecule has 2 N–H and O–H groups in total. The molecule has 0 fully saturated rings. The summed E-state index contributed by atoms with van der Waals surface area (Å²) in [6.45, 7) is 0. The average molecular weight is 737 g/mol. The number of fused-ring (bicyclic) bond motifs is 20. The Balaban J connectivity index is 0.851. The highest BCUT2D eigenvalue weighted by atomic mass is 14.9. The molecular formula is C56H36N2. The molecule has 58 heavy (non-hydrogen) atoms. The summed E-state index contributed by atoms with van der Waals surface area (Å²) in [5, 5.41) is 7.55. The van der Waals surface area contributed by atoms with Gasteiger partial charge in [-0.05, 0) is 138 Å². The molecule has 0 radical (unpaired) electrons. The van der Waals surface area contributed by atoms with E-state index in [1.807, 2.05) is 0 Å². The Labute approximate surface area is 338 Å². The lowest BCUT2D eigenvalue weighted by molar-refractivity contribution is 0.794. The van der Waals surface area contributed by atoms with Crippen molar-refractivity contribution in [3.63, 3.8) is 0 Å². The highest BCUT2D eigenvalue weighted by Gasteiger charge is 2.53. The van der Waals surface area contributed by atoms with Gasteiger partial charge in [0.2, 0.25) is 0 Å². The zero-order valence-corrected chi connectivity index (χ0v) is 31.6. The van der Waals surface area contributed by atoms with E-state index in [4.69, 9.17) is 0 Å². The van der Waals surface area contributed by atoms with Gasteiger partial charge in [-0.15, -0.1) is 0 Å². The van der Waals surface area contributed by atoms with Gasteiger partial charge in [-0.2, -0.15) is 0 Å². The highest BCUT2D eigenvalue weighted by molar-refractivity contribution is 5.97. The van der Waals surface area contributed by atoms with E-state index in [9.17, 15) is 0 Å². The SMILES string of the molecule is c1ccc2c(c1)-c1ccccc1C21c2ccccc2-c2ccc(Nc3ccc(Nc4ccc5c(c4)C4(c6ccccc6-c6ccccc64)c4ccccc4-5)cc3)cc21. The lowest BCUT2D eigenvalue weighted by Gasteiger charge is -2.30. The van der Waals surface area contributed by atoms with Crippen LogP contribution in [0, 0.1) is 0 Å². The Morgan fingerprint density at radius 2 is 0.431 bits per heavy atom. The minimum absolute atomic E-state index is 0.358. The Morgan fingerprint density at radius 1 is 0.207 bits per heavy atom. The highest BCUT2D eigenvalue weighted by Crippen LogP contribution is 2.64. The van der Waals surface area contributed by atoms with Crippen LogP contribution in [0.3, 0.4) is 0 Å². The van der Waals surface area contributed by atoms with Crippen molar-refractivity contribution in [1.82, 2.24) is 0 Å². The summed E-state index contributed by atoms with van der Waals surface area (Å²) < 4.78 is 0. The monoisotopic (exact) mass is 736 g/mol. The molecule has 0 atom stereocenters. The van der Waals surface area contributed by atoms with Crippen LogP contribution in [0.1, 0.15) is 44.5 Å². The number of anilines is 4. The van der Waals surface area contributed by atoms with Crippen LogP contribution in [0.5, 0.6) is 0 Å². The van der Waals surface area contributed by atoms with Crippen molar-refractivity contribution < 1.29 is 0 Å². The first-order chi connectivity index (χ1) is 28.7. The van der Waals surface area contributed by atoms with Crippen LogP contribution < -0.4 is 10.6 Å². The molecule has 9 aromatic carbocycles. The fourth-order valence-corrected chi connectivity index (χ4v) is 11.3. The van der Waals surface area contributed by atoms with E-state index < -0.39 is 0 Å². The Kier molecular flexibility index (Phi) is 6.33. The molecule has 0 saturated heterocycles. The molecule has 9 aromatic rings. The summed E-state index contributed by atoms with van der Waals surface area (Å²) in [7, 11) is 0. The smallest absolute Gasteiger partial charge is 0.0726 e. The van der Waals surface area contributed by atoms with Gasteiger partial charge in [0.1, 0.15) is 0 Å². The molecule has 0 amide bonds. The summed E-state index contributed by atoms with van der Waals surface area (Å²) in [5.41, 5.74) is 24.9. The van der Waals surface area contributed by atoms with Crippen LogP contribution >= 0.6 is 0 Å². The Bertz CT molecular complexity index is 2850. The minimum atomic E-state index is -0.358. The van der Waals surface area contributed by atoms with Gasteiger partial charge in [0, 0.05) is 22.7 Å². The van der Waals surface area contributed by atoms with Crippen molar-refractivity contribution in [2.24, 2.45) is 0 Å². The summed E-state index contributed by atoms with van der Waals surface area (Å²) >= 11 is 0. The molecule has 0 bridgehead atoms. The molecule has 4 aliphatic carbocycles. The molecule has 2 heteroatoms. The third kappa shape index (κ3) is 3.96. The van der Waals surface area contributed by atoms with Crippen LogP contribution in [0.25, 0.3) is 44.5 Å². The Morgan fingerprint density at radius 3 is 0.707 bits per heavy atom. The van der Waals surface area contributed by atoms with Crippen molar-refractivity contribution in [1.29, 1.82) is 0 Å². The minimum Gasteiger partial charge on any atom is -0.356 e. The molecule has 0 saturated carbocycles. The number of nitrogens with one attached hydrogen (secondary N) is 2. The second kappa shape index (κ2) is 11.6. The molecule has 0 heterocycles. The second-order valence-corrected chi connectivity index (χ2v) is 16.1. The van der Waals surface area contributed by atoms with Gasteiger partial charge in [-0.1, -0.05) is 158 Å². The number of rotatable bonds is 4. The van der Waals surface area contributed by atoms with E-state index in [-0.39, 0.29) is 10.8 Å². The van der Waals surface area contributed by atoms with Crippen LogP contribution in [-0.4, -0.2) is 0 Å². The zero-order valence-electron chi connectivity index (χ0n) is 31.6. The molecule has 13 rings (SSSR count). The number of benzene rings is 9. The largest absolute Gasteiger partial charge is 0.356 e. The molecular weight excluding hydrogens is 701 g/mol. The first-order valence-electron chi connectivity index (χ1n) is 20.3. The third-order valence-corrected chi connectivity index (χ3v) is 13.5. The van der Waals surface area contributed by atoms with E-state index in [0.717, 1.165) is 22.7 Å². The summed E-state index contributed by atoms with van der Waals surface area (Å²) in [6, 6.07) is 76.4. The van der Waals surface area contributed by atoms with Gasteiger partial charge in [0.15, 0.2) is 0 Å². The summed E-state index contributed by atoms with van der Waals surface area (Å²) in [5.74, 6) is 0. The maximum Gasteiger partial charge on any atom is 0.0726 e. The second-order valence-electron chi connectivity index (χ2n) is 16.1. The van der Waals surface area contributed by atoms with Gasteiger partial charge >= 0.3 is 0 Å². The standard InChI is InChI=1S/C56H36N2/c1-7-19-47-39(13-1)40-14-2-8-20-48(40)55(47)51-23-11-5-17-43(51)45-31-29-37(33-53(45)55)57-35-25-27-36(28-26-35)58-38-30-32-46-44-18-6-12-24-52(44)56(54(46)34-38)49-21-9-3-15-41(49)42-16-4-10-22-50(42)56/h1-34,57-58H. The maximum absolute atomic E-state index is 3.77. The lowest BCUT2D eigenvalue weighted by atomic mass is 9.70. The topological polar surface area (TPSA) is 24.1 Å². The molecule has 2 nitrogen and oxygen atoms in total. The van der Waals surface area contributed by atoms with Gasteiger partial charge in [0.05, 0.1) is 10.8 Å². The van der Waals surface area contributed by atoms with Crippen LogP contribution in [0.4, 0.5) is 22.7 Å². The molecule has 0 aliphatic heterocycles. The van der Waals surface area contributed by atoms with Crippen LogP contribution in [-0.2, 0) is 10.8 Å². The van der Waals surface area contributed by atoms with Gasteiger partial charge in [0.25, 0.3) is 0 Å². The van der Waals surface area contributed by atoms with Gasteiger partial charge in [-0.3, -0.25) is 0 Å². The van der Waals surface area contributed by atoms with Crippen molar-refractivity contribution in [2.45, 2.75) is 10.8 Å². The molecule has 270 valence electrons. The predicted octanol–water partition coefficient (Wildman–Crippen LogP) is 13.9. The first-order valence-corrected chi connectivity index (χ1v) is 20.3.